The molecule has 0 bridgehead atoms. The van der Waals surface area contributed by atoms with E-state index in [0.29, 0.717) is 0 Å². The van der Waals surface area contributed by atoms with Crippen molar-refractivity contribution in [1.29, 1.82) is 0 Å². The number of benzene rings is 5. The maximum atomic E-state index is 4.62. The van der Waals surface area contributed by atoms with Crippen molar-refractivity contribution in [3.05, 3.63) is 175 Å². The summed E-state index contributed by atoms with van der Waals surface area (Å²) in [7, 11) is -2.19. The highest BCUT2D eigenvalue weighted by Gasteiger charge is 2.44. The molecule has 192 valence electrons. The van der Waals surface area contributed by atoms with E-state index in [1.807, 2.05) is 36.4 Å². The molecule has 2 nitrogen and oxygen atoms in total. The minimum Gasteiger partial charge on any atom is -1.00 e. The number of hydrogen-bond donors (Lipinski definition) is 1. The van der Waals surface area contributed by atoms with Crippen LogP contribution in [0, 0.1) is 0 Å². The van der Waals surface area contributed by atoms with Gasteiger partial charge in [-0.05, 0) is 48.0 Å². The summed E-state index contributed by atoms with van der Waals surface area (Å²) in [4.78, 5) is 0. The monoisotopic (exact) mass is 588 g/mol. The topological polar surface area (TPSA) is 24.4 Å². The minimum atomic E-state index is -2.19. The number of rotatable bonds is 9. The lowest BCUT2D eigenvalue weighted by atomic mass is 10.2. The van der Waals surface area contributed by atoms with Crippen LogP contribution in [0.2, 0.25) is 0 Å². The van der Waals surface area contributed by atoms with Crippen LogP contribution < -0.4 is 38.3 Å². The molecule has 5 aromatic rings. The molecule has 0 amide bonds. The normalized spacial score (nSPS) is 11.8. The van der Waals surface area contributed by atoms with Gasteiger partial charge in [-0.15, -0.1) is 0 Å². The van der Waals surface area contributed by atoms with E-state index in [9.17, 15) is 0 Å². The number of hydrazone groups is 1. The van der Waals surface area contributed by atoms with Crippen LogP contribution in [0.3, 0.4) is 0 Å². The summed E-state index contributed by atoms with van der Waals surface area (Å²) in [6, 6.07) is 53.2. The fourth-order valence-electron chi connectivity index (χ4n) is 4.51. The molecule has 39 heavy (non-hydrogen) atoms. The maximum Gasteiger partial charge on any atom is 0.139 e. The summed E-state index contributed by atoms with van der Waals surface area (Å²) in [6.07, 6.45) is 5.81. The van der Waals surface area contributed by atoms with Crippen LogP contribution in [-0.4, -0.2) is 6.21 Å². The van der Waals surface area contributed by atoms with Crippen molar-refractivity contribution in [3.63, 3.8) is 0 Å². The van der Waals surface area contributed by atoms with Gasteiger partial charge in [-0.25, -0.2) is 0 Å². The van der Waals surface area contributed by atoms with Gasteiger partial charge in [-0.1, -0.05) is 121 Å². The van der Waals surface area contributed by atoms with Crippen LogP contribution in [0.15, 0.2) is 169 Å². The molecular formula is C35H30BrN2P. The number of nitrogens with zero attached hydrogens (tertiary/aromatic N) is 1. The molecule has 0 aliphatic carbocycles. The summed E-state index contributed by atoms with van der Waals surface area (Å²) in [5.41, 5.74) is 6.59. The summed E-state index contributed by atoms with van der Waals surface area (Å²) < 4.78 is 0. The molecule has 0 aromatic heterocycles. The van der Waals surface area contributed by atoms with E-state index in [-0.39, 0.29) is 17.0 Å². The zero-order chi connectivity index (χ0) is 25.9. The van der Waals surface area contributed by atoms with Gasteiger partial charge in [0.1, 0.15) is 23.2 Å². The third-order valence-electron chi connectivity index (χ3n) is 6.33. The summed E-state index contributed by atoms with van der Waals surface area (Å²) in [5, 5.41) is 8.49. The van der Waals surface area contributed by atoms with E-state index >= 15 is 0 Å². The molecule has 4 heteroatoms. The average molecular weight is 590 g/mol. The SMILES string of the molecule is C(=C(/N/N=C/C=C/c1ccccc1)c1ccccc1)/[P+](c1ccccc1)(c1ccccc1)c1ccccc1.[Br-]. The van der Waals surface area contributed by atoms with Crippen LogP contribution in [0.4, 0.5) is 0 Å². The first-order valence-electron chi connectivity index (χ1n) is 12.7. The summed E-state index contributed by atoms with van der Waals surface area (Å²) in [5.74, 6) is 2.42. The lowest BCUT2D eigenvalue weighted by Crippen LogP contribution is -3.00. The lowest BCUT2D eigenvalue weighted by molar-refractivity contribution is -0.00000726. The molecule has 5 rings (SSSR count). The van der Waals surface area contributed by atoms with Crippen molar-refractivity contribution in [3.8, 4) is 0 Å². The van der Waals surface area contributed by atoms with E-state index in [1.54, 1.807) is 6.21 Å². The first-order chi connectivity index (χ1) is 18.9. The molecule has 0 aliphatic rings. The third-order valence-corrected chi connectivity index (χ3v) is 10.3. The second kappa shape index (κ2) is 14.2. The molecule has 0 fully saturated rings. The van der Waals surface area contributed by atoms with Gasteiger partial charge < -0.3 is 17.0 Å². The summed E-state index contributed by atoms with van der Waals surface area (Å²) in [6.45, 7) is 0. The molecule has 0 heterocycles. The highest BCUT2D eigenvalue weighted by molar-refractivity contribution is 7.98. The Kier molecular flexibility index (Phi) is 10.2. The van der Waals surface area contributed by atoms with Gasteiger partial charge >= 0.3 is 0 Å². The van der Waals surface area contributed by atoms with Gasteiger partial charge in [0.05, 0.1) is 11.5 Å². The number of allylic oxidation sites excluding steroid dienone is 1. The Morgan fingerprint density at radius 1 is 0.538 bits per heavy atom. The first kappa shape index (κ1) is 28.0. The number of hydrogen-bond acceptors (Lipinski definition) is 2. The Morgan fingerprint density at radius 3 is 1.41 bits per heavy atom. The molecule has 0 unspecified atom stereocenters. The Bertz CT molecular complexity index is 1410. The fraction of sp³-hybridized carbons (Fsp3) is 0. The number of halogens is 1. The molecule has 0 atom stereocenters. The van der Waals surface area contributed by atoms with Crippen molar-refractivity contribution >= 4 is 41.2 Å². The van der Waals surface area contributed by atoms with Crippen molar-refractivity contribution in [1.82, 2.24) is 5.43 Å². The Hall–Kier alpha value is -4.04. The van der Waals surface area contributed by atoms with Crippen LogP contribution in [-0.2, 0) is 0 Å². The van der Waals surface area contributed by atoms with Crippen molar-refractivity contribution in [2.75, 3.05) is 0 Å². The number of nitrogens with one attached hydrogen (secondary N) is 1. The lowest BCUT2D eigenvalue weighted by Gasteiger charge is -2.25. The van der Waals surface area contributed by atoms with Gasteiger partial charge in [0, 0.05) is 11.8 Å². The van der Waals surface area contributed by atoms with E-state index in [2.05, 4.69) is 144 Å². The van der Waals surface area contributed by atoms with Crippen LogP contribution in [0.1, 0.15) is 11.1 Å². The molecule has 0 spiro atoms. The molecule has 0 aliphatic heterocycles. The second-order valence-electron chi connectivity index (χ2n) is 8.80. The molecular weight excluding hydrogens is 559 g/mol. The van der Waals surface area contributed by atoms with E-state index in [0.717, 1.165) is 16.8 Å². The van der Waals surface area contributed by atoms with Crippen molar-refractivity contribution in [2.24, 2.45) is 5.10 Å². The van der Waals surface area contributed by atoms with Crippen LogP contribution in [0.5, 0.6) is 0 Å². The zero-order valence-electron chi connectivity index (χ0n) is 21.5. The van der Waals surface area contributed by atoms with E-state index in [4.69, 9.17) is 0 Å². The van der Waals surface area contributed by atoms with Gasteiger partial charge in [-0.2, -0.15) is 5.10 Å². The van der Waals surface area contributed by atoms with Gasteiger partial charge in [0.25, 0.3) is 0 Å². The van der Waals surface area contributed by atoms with Crippen molar-refractivity contribution in [2.45, 2.75) is 0 Å². The Morgan fingerprint density at radius 2 is 0.949 bits per heavy atom. The smallest absolute Gasteiger partial charge is 0.139 e. The van der Waals surface area contributed by atoms with Gasteiger partial charge in [0.2, 0.25) is 0 Å². The molecule has 0 saturated heterocycles. The summed E-state index contributed by atoms with van der Waals surface area (Å²) >= 11 is 0. The van der Waals surface area contributed by atoms with Gasteiger partial charge in [-0.3, -0.25) is 5.43 Å². The Labute approximate surface area is 242 Å². The molecule has 0 radical (unpaired) electrons. The molecule has 1 N–H and O–H groups in total. The predicted molar refractivity (Wildman–Crippen MR) is 167 cm³/mol. The quantitative estimate of drug-likeness (QED) is 0.155. The molecule has 0 saturated carbocycles. The third kappa shape index (κ3) is 6.89. The average Bonchev–Trinajstić information content (AvgIpc) is 3.01. The molecule has 5 aromatic carbocycles. The first-order valence-corrected chi connectivity index (χ1v) is 14.6. The van der Waals surface area contributed by atoms with Crippen LogP contribution >= 0.6 is 7.26 Å². The Balaban J connectivity index is 0.00000353. The maximum absolute atomic E-state index is 4.62. The van der Waals surface area contributed by atoms with Gasteiger partial charge in [0.15, 0.2) is 0 Å². The highest BCUT2D eigenvalue weighted by Crippen LogP contribution is 2.58. The van der Waals surface area contributed by atoms with Crippen molar-refractivity contribution < 1.29 is 17.0 Å². The zero-order valence-corrected chi connectivity index (χ0v) is 24.0. The predicted octanol–water partition coefficient (Wildman–Crippen LogP) is 4.27. The van der Waals surface area contributed by atoms with Crippen LogP contribution in [0.25, 0.3) is 11.8 Å². The fourth-order valence-corrected chi connectivity index (χ4v) is 8.37. The standard InChI is InChI=1S/C35H30N2P.BrH/c1-6-17-30(18-7-1)19-16-28-36-37-35(31-20-8-2-9-21-31)29-38(32-22-10-3-11-23-32,33-24-12-4-13-25-33)34-26-14-5-15-27-34;/h1-29,37H;1H/q+1;/p-1/b19-16+,35-29-,36-28+;. The van der Waals surface area contributed by atoms with E-state index < -0.39 is 7.26 Å². The highest BCUT2D eigenvalue weighted by atomic mass is 79.9. The van der Waals surface area contributed by atoms with E-state index in [1.165, 1.54) is 15.9 Å². The minimum absolute atomic E-state index is 0. The second-order valence-corrected chi connectivity index (χ2v) is 12.1. The largest absolute Gasteiger partial charge is 1.00 e.